The Labute approximate surface area is 119 Å². The van der Waals surface area contributed by atoms with E-state index in [4.69, 9.17) is 12.3 Å². The van der Waals surface area contributed by atoms with E-state index in [1.807, 2.05) is 18.2 Å². The fourth-order valence-corrected chi connectivity index (χ4v) is 2.80. The van der Waals surface area contributed by atoms with Gasteiger partial charge >= 0.3 is 0 Å². The molecule has 1 heterocycles. The Hall–Kier alpha value is -2.31. The Kier molecular flexibility index (Phi) is 3.41. The summed E-state index contributed by atoms with van der Waals surface area (Å²) in [7, 11) is 0. The van der Waals surface area contributed by atoms with Crippen molar-refractivity contribution in [2.24, 2.45) is 5.73 Å². The highest BCUT2D eigenvalue weighted by molar-refractivity contribution is 5.63. The van der Waals surface area contributed by atoms with Crippen molar-refractivity contribution in [2.75, 3.05) is 11.4 Å². The predicted molar refractivity (Wildman–Crippen MR) is 81.9 cm³/mol. The lowest BCUT2D eigenvalue weighted by Gasteiger charge is -2.35. The molecule has 0 saturated carbocycles. The number of nitrogens with zero attached hydrogens (tertiary/aromatic N) is 2. The van der Waals surface area contributed by atoms with Crippen molar-refractivity contribution in [3.05, 3.63) is 71.1 Å². The van der Waals surface area contributed by atoms with E-state index in [0.29, 0.717) is 5.69 Å². The highest BCUT2D eigenvalue weighted by Crippen LogP contribution is 2.31. The largest absolute Gasteiger partial charge is 0.365 e. The molecule has 100 valence electrons. The van der Waals surface area contributed by atoms with E-state index in [0.717, 1.165) is 19.5 Å². The average molecular weight is 263 g/mol. The van der Waals surface area contributed by atoms with Crippen LogP contribution < -0.4 is 10.6 Å². The Balaban J connectivity index is 1.92. The van der Waals surface area contributed by atoms with Crippen molar-refractivity contribution in [3.8, 4) is 0 Å². The molecular weight excluding hydrogens is 246 g/mol. The zero-order valence-electron chi connectivity index (χ0n) is 11.3. The van der Waals surface area contributed by atoms with Crippen LogP contribution in [-0.4, -0.2) is 12.6 Å². The third-order valence-electron chi connectivity index (χ3n) is 3.69. The van der Waals surface area contributed by atoms with E-state index in [9.17, 15) is 0 Å². The monoisotopic (exact) mass is 263 g/mol. The Morgan fingerprint density at radius 1 is 1.20 bits per heavy atom. The highest BCUT2D eigenvalue weighted by atomic mass is 15.2. The summed E-state index contributed by atoms with van der Waals surface area (Å²) in [5, 5.41) is 0. The van der Waals surface area contributed by atoms with Gasteiger partial charge in [0.15, 0.2) is 5.69 Å². The summed E-state index contributed by atoms with van der Waals surface area (Å²) in [6.07, 6.45) is 0.851. The van der Waals surface area contributed by atoms with Crippen LogP contribution in [0.15, 0.2) is 48.5 Å². The zero-order chi connectivity index (χ0) is 13.9. The molecule has 2 aromatic rings. The molecule has 1 aliphatic heterocycles. The van der Waals surface area contributed by atoms with E-state index in [1.165, 1.54) is 16.8 Å². The molecule has 0 aliphatic carbocycles. The van der Waals surface area contributed by atoms with Crippen LogP contribution in [0.4, 0.5) is 11.4 Å². The van der Waals surface area contributed by atoms with Crippen LogP contribution in [0.2, 0.25) is 0 Å². The van der Waals surface area contributed by atoms with Crippen LogP contribution in [0, 0.1) is 6.57 Å². The van der Waals surface area contributed by atoms with E-state index in [1.54, 1.807) is 0 Å². The predicted octanol–water partition coefficient (Wildman–Crippen LogP) is 3.13. The summed E-state index contributed by atoms with van der Waals surface area (Å²) in [5.74, 6) is 0. The first-order valence-corrected chi connectivity index (χ1v) is 6.81. The number of hydrogen-bond donors (Lipinski definition) is 1. The molecule has 0 bridgehead atoms. The lowest BCUT2D eigenvalue weighted by molar-refractivity contribution is 0.599. The van der Waals surface area contributed by atoms with Crippen LogP contribution in [-0.2, 0) is 13.0 Å². The second kappa shape index (κ2) is 5.36. The van der Waals surface area contributed by atoms with Gasteiger partial charge in [0.25, 0.3) is 0 Å². The molecule has 1 unspecified atom stereocenters. The standard InChI is InChI=1S/C17H17N3/c1-19-16-7-8-17-14(10-16)9-15(18)12-20(17)11-13-5-3-2-4-6-13/h2-8,10,15H,9,11-12,18H2. The van der Waals surface area contributed by atoms with Gasteiger partial charge in [-0.2, -0.15) is 0 Å². The first-order valence-electron chi connectivity index (χ1n) is 6.81. The number of nitrogens with two attached hydrogens (primary N) is 1. The molecule has 0 amide bonds. The number of fused-ring (bicyclic) bond motifs is 1. The second-order valence-corrected chi connectivity index (χ2v) is 5.26. The maximum absolute atomic E-state index is 7.12. The topological polar surface area (TPSA) is 33.6 Å². The van der Waals surface area contributed by atoms with Gasteiger partial charge in [0.05, 0.1) is 6.57 Å². The van der Waals surface area contributed by atoms with Crippen molar-refractivity contribution in [2.45, 2.75) is 19.0 Å². The van der Waals surface area contributed by atoms with Gasteiger partial charge in [-0.3, -0.25) is 0 Å². The maximum atomic E-state index is 7.12. The second-order valence-electron chi connectivity index (χ2n) is 5.26. The maximum Gasteiger partial charge on any atom is 0.187 e. The van der Waals surface area contributed by atoms with E-state index in [-0.39, 0.29) is 6.04 Å². The van der Waals surface area contributed by atoms with E-state index >= 15 is 0 Å². The first kappa shape index (κ1) is 12.7. The molecule has 0 saturated heterocycles. The summed E-state index contributed by atoms with van der Waals surface area (Å²) in [6, 6.07) is 16.5. The minimum Gasteiger partial charge on any atom is -0.365 e. The normalized spacial score (nSPS) is 17.4. The van der Waals surface area contributed by atoms with Crippen molar-refractivity contribution in [3.63, 3.8) is 0 Å². The van der Waals surface area contributed by atoms with Crippen molar-refractivity contribution in [1.82, 2.24) is 0 Å². The van der Waals surface area contributed by atoms with E-state index in [2.05, 4.69) is 40.1 Å². The van der Waals surface area contributed by atoms with Gasteiger partial charge < -0.3 is 10.6 Å². The van der Waals surface area contributed by atoms with Gasteiger partial charge in [0.2, 0.25) is 0 Å². The lowest BCUT2D eigenvalue weighted by Crippen LogP contribution is -2.42. The Bertz CT molecular complexity index is 643. The molecule has 3 rings (SSSR count). The number of hydrogen-bond acceptors (Lipinski definition) is 2. The van der Waals surface area contributed by atoms with E-state index < -0.39 is 0 Å². The lowest BCUT2D eigenvalue weighted by atomic mass is 9.97. The molecule has 1 atom stereocenters. The zero-order valence-corrected chi connectivity index (χ0v) is 11.3. The molecule has 2 aromatic carbocycles. The quantitative estimate of drug-likeness (QED) is 0.845. The molecular formula is C17H17N3. The van der Waals surface area contributed by atoms with Crippen LogP contribution >= 0.6 is 0 Å². The van der Waals surface area contributed by atoms with Crippen molar-refractivity contribution >= 4 is 11.4 Å². The highest BCUT2D eigenvalue weighted by Gasteiger charge is 2.22. The summed E-state index contributed by atoms with van der Waals surface area (Å²) in [5.41, 5.74) is 10.5. The molecule has 2 N–H and O–H groups in total. The number of rotatable bonds is 2. The fraction of sp³-hybridized carbons (Fsp3) is 0.235. The molecule has 0 radical (unpaired) electrons. The molecule has 0 aromatic heterocycles. The van der Waals surface area contributed by atoms with Crippen molar-refractivity contribution in [1.29, 1.82) is 0 Å². The molecule has 0 fully saturated rings. The number of anilines is 1. The summed E-state index contributed by atoms with van der Waals surface area (Å²) in [4.78, 5) is 5.82. The summed E-state index contributed by atoms with van der Waals surface area (Å²) < 4.78 is 0. The minimum absolute atomic E-state index is 0.132. The fourth-order valence-electron chi connectivity index (χ4n) is 2.80. The van der Waals surface area contributed by atoms with Crippen LogP contribution in [0.1, 0.15) is 11.1 Å². The Morgan fingerprint density at radius 2 is 2.00 bits per heavy atom. The van der Waals surface area contributed by atoms with Crippen LogP contribution in [0.3, 0.4) is 0 Å². The van der Waals surface area contributed by atoms with Gasteiger partial charge in [-0.05, 0) is 23.6 Å². The smallest absolute Gasteiger partial charge is 0.187 e. The molecule has 3 heteroatoms. The summed E-state index contributed by atoms with van der Waals surface area (Å²) in [6.45, 7) is 8.84. The first-order chi connectivity index (χ1) is 9.76. The molecule has 0 spiro atoms. The minimum atomic E-state index is 0.132. The van der Waals surface area contributed by atoms with Crippen LogP contribution in [0.5, 0.6) is 0 Å². The Morgan fingerprint density at radius 3 is 2.75 bits per heavy atom. The van der Waals surface area contributed by atoms with Gasteiger partial charge in [-0.1, -0.05) is 42.5 Å². The molecule has 20 heavy (non-hydrogen) atoms. The third-order valence-corrected chi connectivity index (χ3v) is 3.69. The number of benzene rings is 2. The molecule has 1 aliphatic rings. The van der Waals surface area contributed by atoms with Crippen LogP contribution in [0.25, 0.3) is 4.85 Å². The summed E-state index contributed by atoms with van der Waals surface area (Å²) >= 11 is 0. The van der Waals surface area contributed by atoms with Gasteiger partial charge in [-0.25, -0.2) is 4.85 Å². The average Bonchev–Trinajstić information content (AvgIpc) is 2.47. The van der Waals surface area contributed by atoms with Gasteiger partial charge in [0, 0.05) is 24.8 Å². The van der Waals surface area contributed by atoms with Gasteiger partial charge in [-0.15, -0.1) is 0 Å². The third kappa shape index (κ3) is 2.52. The SMILES string of the molecule is [C-]#[N+]c1ccc2c(c1)CC(N)CN2Cc1ccccc1. The molecule has 3 nitrogen and oxygen atoms in total. The van der Waals surface area contributed by atoms with Gasteiger partial charge in [0.1, 0.15) is 0 Å². The van der Waals surface area contributed by atoms with Crippen molar-refractivity contribution < 1.29 is 0 Å².